The van der Waals surface area contributed by atoms with Crippen molar-refractivity contribution in [1.29, 1.82) is 0 Å². The van der Waals surface area contributed by atoms with Gasteiger partial charge in [0.1, 0.15) is 0 Å². The number of rotatable bonds is 16. The third-order valence-electron chi connectivity index (χ3n) is 6.68. The molecule has 0 spiro atoms. The smallest absolute Gasteiger partial charge is 0.227 e. The number of benzene rings is 2. The molecule has 0 aromatic heterocycles. The van der Waals surface area contributed by atoms with Crippen LogP contribution in [0.25, 0.3) is 0 Å². The highest BCUT2D eigenvalue weighted by Gasteiger charge is 2.29. The Morgan fingerprint density at radius 1 is 1.05 bits per heavy atom. The van der Waals surface area contributed by atoms with E-state index in [1.807, 2.05) is 55.3 Å². The molecule has 1 aliphatic heterocycles. The summed E-state index contributed by atoms with van der Waals surface area (Å²) in [6, 6.07) is 16.0. The molecule has 1 amide bonds. The molecule has 7 nitrogen and oxygen atoms in total. The van der Waals surface area contributed by atoms with Crippen molar-refractivity contribution >= 4 is 17.5 Å². The third kappa shape index (κ3) is 10.0. The molecular formula is C29H41ClN2O5. The van der Waals surface area contributed by atoms with Crippen LogP contribution >= 0.6 is 11.6 Å². The maximum atomic E-state index is 13.3. The second-order valence-corrected chi connectivity index (χ2v) is 9.86. The molecule has 1 aliphatic rings. The molecule has 3 rings (SSSR count). The van der Waals surface area contributed by atoms with Crippen molar-refractivity contribution in [2.24, 2.45) is 0 Å². The number of likely N-dealkylation sites (N-methyl/N-ethyl adjacent to an activating group) is 1. The normalized spacial score (nSPS) is 16.7. The van der Waals surface area contributed by atoms with Crippen LogP contribution in [0.15, 0.2) is 48.5 Å². The Morgan fingerprint density at radius 2 is 1.76 bits per heavy atom. The van der Waals surface area contributed by atoms with E-state index in [1.165, 1.54) is 0 Å². The van der Waals surface area contributed by atoms with Gasteiger partial charge in [0, 0.05) is 38.8 Å². The Hall–Kier alpha value is -2.00. The zero-order chi connectivity index (χ0) is 26.5. The first kappa shape index (κ1) is 29.6. The summed E-state index contributed by atoms with van der Waals surface area (Å²) >= 11 is 6.29. The van der Waals surface area contributed by atoms with Crippen molar-refractivity contribution in [2.45, 2.75) is 31.9 Å². The molecule has 0 bridgehead atoms. The molecule has 0 radical (unpaired) electrons. The number of nitrogens with zero attached hydrogens (tertiary/aromatic N) is 2. The minimum Gasteiger partial charge on any atom is -0.382 e. The van der Waals surface area contributed by atoms with Gasteiger partial charge >= 0.3 is 0 Å². The summed E-state index contributed by atoms with van der Waals surface area (Å²) in [7, 11) is 3.56. The molecule has 0 aliphatic carbocycles. The second-order valence-electron chi connectivity index (χ2n) is 9.45. The fourth-order valence-electron chi connectivity index (χ4n) is 4.43. The lowest BCUT2D eigenvalue weighted by molar-refractivity contribution is -0.131. The number of carbonyl (C=O) groups excluding carboxylic acids is 1. The van der Waals surface area contributed by atoms with E-state index in [2.05, 4.69) is 17.0 Å². The van der Waals surface area contributed by atoms with Crippen LogP contribution in [0.1, 0.15) is 29.2 Å². The molecule has 1 saturated heterocycles. The van der Waals surface area contributed by atoms with Gasteiger partial charge < -0.3 is 23.8 Å². The fraction of sp³-hybridized carbons (Fsp3) is 0.552. The van der Waals surface area contributed by atoms with Crippen LogP contribution in [-0.2, 0) is 30.2 Å². The standard InChI is InChI=1S/C29H41ClN2O5/c1-23-9-10-24(19-27(23)30)20-29(33)31(2)28(25-7-5-4-6-8-25)22-32-12-11-26(21-32)37-18-17-36-16-15-35-14-13-34-3/h4-10,19,26,28H,11-18,20-22H2,1-3H3. The predicted molar refractivity (Wildman–Crippen MR) is 146 cm³/mol. The number of methoxy groups -OCH3 is 1. The molecule has 0 N–H and O–H groups in total. The number of aryl methyl sites for hydroxylation is 1. The highest BCUT2D eigenvalue weighted by Crippen LogP contribution is 2.25. The first-order chi connectivity index (χ1) is 18.0. The number of carbonyl (C=O) groups is 1. The average molecular weight is 533 g/mol. The Balaban J connectivity index is 1.47. The summed E-state index contributed by atoms with van der Waals surface area (Å²) in [6.45, 7) is 7.92. The minimum atomic E-state index is -0.0465. The highest BCUT2D eigenvalue weighted by atomic mass is 35.5. The predicted octanol–water partition coefficient (Wildman–Crippen LogP) is 4.16. The van der Waals surface area contributed by atoms with Crippen molar-refractivity contribution < 1.29 is 23.7 Å². The van der Waals surface area contributed by atoms with Crippen molar-refractivity contribution in [1.82, 2.24) is 9.80 Å². The zero-order valence-electron chi connectivity index (χ0n) is 22.4. The summed E-state index contributed by atoms with van der Waals surface area (Å²) in [5, 5.41) is 0.691. The van der Waals surface area contributed by atoms with E-state index in [1.54, 1.807) is 7.11 Å². The molecule has 1 heterocycles. The number of hydrogen-bond acceptors (Lipinski definition) is 6. The van der Waals surface area contributed by atoms with Crippen molar-refractivity contribution in [3.8, 4) is 0 Å². The second kappa shape index (κ2) is 16.1. The van der Waals surface area contributed by atoms with E-state index in [9.17, 15) is 4.79 Å². The first-order valence-corrected chi connectivity index (χ1v) is 13.4. The maximum absolute atomic E-state index is 13.3. The SMILES string of the molecule is COCCOCCOCCOC1CCN(CC(c2ccccc2)N(C)C(=O)Cc2ccc(C)c(Cl)c2)C1. The molecular weight excluding hydrogens is 492 g/mol. The van der Waals surface area contributed by atoms with Gasteiger partial charge in [-0.05, 0) is 36.1 Å². The van der Waals surface area contributed by atoms with Crippen molar-refractivity contribution in [2.75, 3.05) is 73.4 Å². The van der Waals surface area contributed by atoms with Gasteiger partial charge in [0.2, 0.25) is 5.91 Å². The lowest BCUT2D eigenvalue weighted by atomic mass is 10.0. The van der Waals surface area contributed by atoms with Gasteiger partial charge in [0.15, 0.2) is 0 Å². The van der Waals surface area contributed by atoms with Gasteiger partial charge in [-0.2, -0.15) is 0 Å². The number of halogens is 1. The molecule has 1 fully saturated rings. The van der Waals surface area contributed by atoms with Crippen molar-refractivity contribution in [3.05, 3.63) is 70.2 Å². The molecule has 2 unspecified atom stereocenters. The van der Waals surface area contributed by atoms with Gasteiger partial charge in [-0.1, -0.05) is 54.1 Å². The van der Waals surface area contributed by atoms with E-state index >= 15 is 0 Å². The molecule has 2 atom stereocenters. The van der Waals surface area contributed by atoms with Gasteiger partial charge in [0.05, 0.1) is 58.2 Å². The first-order valence-electron chi connectivity index (χ1n) is 13.0. The summed E-state index contributed by atoms with van der Waals surface area (Å²) < 4.78 is 22.0. The lowest BCUT2D eigenvalue weighted by Crippen LogP contribution is -2.39. The molecule has 0 saturated carbocycles. The van der Waals surface area contributed by atoms with Crippen LogP contribution in [-0.4, -0.2) is 95.2 Å². The van der Waals surface area contributed by atoms with E-state index < -0.39 is 0 Å². The summed E-state index contributed by atoms with van der Waals surface area (Å²) in [5.41, 5.74) is 3.07. The number of hydrogen-bond donors (Lipinski definition) is 0. The Kier molecular flexibility index (Phi) is 12.8. The number of amides is 1. The monoisotopic (exact) mass is 532 g/mol. The van der Waals surface area contributed by atoms with Gasteiger partial charge in [-0.25, -0.2) is 0 Å². The van der Waals surface area contributed by atoms with Gasteiger partial charge in [-0.15, -0.1) is 0 Å². The van der Waals surface area contributed by atoms with E-state index in [0.717, 1.165) is 42.7 Å². The third-order valence-corrected chi connectivity index (χ3v) is 7.09. The zero-order valence-corrected chi connectivity index (χ0v) is 23.1. The minimum absolute atomic E-state index is 0.0465. The summed E-state index contributed by atoms with van der Waals surface area (Å²) in [4.78, 5) is 17.5. The molecule has 204 valence electrons. The lowest BCUT2D eigenvalue weighted by Gasteiger charge is -2.32. The van der Waals surface area contributed by atoms with Crippen LogP contribution in [0, 0.1) is 6.92 Å². The quantitative estimate of drug-likeness (QED) is 0.303. The molecule has 2 aromatic rings. The number of likely N-dealkylation sites (tertiary alicyclic amines) is 1. The van der Waals surface area contributed by atoms with E-state index in [0.29, 0.717) is 51.1 Å². The average Bonchev–Trinajstić information content (AvgIpc) is 3.36. The number of ether oxygens (including phenoxy) is 4. The van der Waals surface area contributed by atoms with Gasteiger partial charge in [0.25, 0.3) is 0 Å². The fourth-order valence-corrected chi connectivity index (χ4v) is 4.63. The molecule has 8 heteroatoms. The Bertz CT molecular complexity index is 945. The molecule has 2 aromatic carbocycles. The topological polar surface area (TPSA) is 60.5 Å². The van der Waals surface area contributed by atoms with E-state index in [4.69, 9.17) is 30.5 Å². The Morgan fingerprint density at radius 3 is 2.46 bits per heavy atom. The molecule has 37 heavy (non-hydrogen) atoms. The van der Waals surface area contributed by atoms with E-state index in [-0.39, 0.29) is 18.1 Å². The van der Waals surface area contributed by atoms with Crippen LogP contribution in [0.4, 0.5) is 0 Å². The van der Waals surface area contributed by atoms with Gasteiger partial charge in [-0.3, -0.25) is 9.69 Å². The van der Waals surface area contributed by atoms with Crippen LogP contribution in [0.3, 0.4) is 0 Å². The van der Waals surface area contributed by atoms with Crippen molar-refractivity contribution in [3.63, 3.8) is 0 Å². The Labute approximate surface area is 226 Å². The maximum Gasteiger partial charge on any atom is 0.227 e. The van der Waals surface area contributed by atoms with Crippen LogP contribution in [0.2, 0.25) is 5.02 Å². The van der Waals surface area contributed by atoms with Crippen LogP contribution < -0.4 is 0 Å². The summed E-state index contributed by atoms with van der Waals surface area (Å²) in [6.07, 6.45) is 1.47. The highest BCUT2D eigenvalue weighted by molar-refractivity contribution is 6.31. The summed E-state index contributed by atoms with van der Waals surface area (Å²) in [5.74, 6) is 0.0733. The largest absolute Gasteiger partial charge is 0.382 e. The van der Waals surface area contributed by atoms with Crippen LogP contribution in [0.5, 0.6) is 0 Å².